The highest BCUT2D eigenvalue weighted by Crippen LogP contribution is 2.42. The maximum absolute atomic E-state index is 13.1. The van der Waals surface area contributed by atoms with Crippen molar-refractivity contribution >= 4 is 11.6 Å². The summed E-state index contributed by atoms with van der Waals surface area (Å²) in [6.45, 7) is 0. The molecule has 0 saturated heterocycles. The average molecular weight is 279 g/mol. The molecule has 3 rings (SSSR count). The van der Waals surface area contributed by atoms with Gasteiger partial charge >= 0.3 is 0 Å². The molecule has 1 aliphatic rings. The molecule has 0 aliphatic carbocycles. The lowest BCUT2D eigenvalue weighted by atomic mass is 9.95. The Morgan fingerprint density at radius 2 is 1.95 bits per heavy atom. The van der Waals surface area contributed by atoms with E-state index in [9.17, 15) is 9.50 Å². The molecular weight excluding hydrogens is 267 g/mol. The van der Waals surface area contributed by atoms with E-state index in [-0.39, 0.29) is 11.9 Å². The molecule has 2 aromatic carbocycles. The summed E-state index contributed by atoms with van der Waals surface area (Å²) in [5.74, 6) is 0.261. The molecule has 19 heavy (non-hydrogen) atoms. The Morgan fingerprint density at radius 3 is 2.74 bits per heavy atom. The number of aliphatic hydroxyl groups excluding tert-OH is 1. The first-order valence-corrected chi connectivity index (χ1v) is 6.41. The third-order valence-electron chi connectivity index (χ3n) is 3.29. The summed E-state index contributed by atoms with van der Waals surface area (Å²) >= 11 is 6.04. The van der Waals surface area contributed by atoms with Crippen molar-refractivity contribution in [3.05, 3.63) is 64.4 Å². The van der Waals surface area contributed by atoms with Crippen molar-refractivity contribution in [1.82, 2.24) is 0 Å². The van der Waals surface area contributed by atoms with E-state index in [4.69, 9.17) is 16.3 Å². The molecule has 0 saturated carbocycles. The van der Waals surface area contributed by atoms with Crippen LogP contribution in [0.15, 0.2) is 42.5 Å². The fourth-order valence-corrected chi connectivity index (χ4v) is 2.64. The molecule has 0 spiro atoms. The van der Waals surface area contributed by atoms with Crippen LogP contribution < -0.4 is 4.74 Å². The highest BCUT2D eigenvalue weighted by Gasteiger charge is 2.28. The van der Waals surface area contributed by atoms with Crippen molar-refractivity contribution < 1.29 is 14.2 Å². The van der Waals surface area contributed by atoms with E-state index in [2.05, 4.69) is 0 Å². The molecule has 2 aromatic rings. The minimum absolute atomic E-state index is 0.316. The van der Waals surface area contributed by atoms with Gasteiger partial charge in [-0.25, -0.2) is 4.39 Å². The zero-order valence-electron chi connectivity index (χ0n) is 10.0. The Hall–Kier alpha value is -1.58. The first-order chi connectivity index (χ1) is 9.15. The van der Waals surface area contributed by atoms with Gasteiger partial charge in [-0.3, -0.25) is 0 Å². The van der Waals surface area contributed by atoms with Crippen LogP contribution in [0.4, 0.5) is 4.39 Å². The first kappa shape index (κ1) is 12.5. The van der Waals surface area contributed by atoms with E-state index in [1.165, 1.54) is 12.1 Å². The Bertz CT molecular complexity index is 615. The second-order valence-corrected chi connectivity index (χ2v) is 4.97. The van der Waals surface area contributed by atoms with Gasteiger partial charge in [0.2, 0.25) is 0 Å². The summed E-state index contributed by atoms with van der Waals surface area (Å²) in [7, 11) is 0. The number of ether oxygens (including phenoxy) is 1. The summed E-state index contributed by atoms with van der Waals surface area (Å²) < 4.78 is 18.9. The molecule has 2 atom stereocenters. The van der Waals surface area contributed by atoms with E-state index in [0.29, 0.717) is 22.8 Å². The minimum Gasteiger partial charge on any atom is -0.485 e. The van der Waals surface area contributed by atoms with Crippen LogP contribution in [0.3, 0.4) is 0 Å². The fraction of sp³-hybridized carbons (Fsp3) is 0.200. The van der Waals surface area contributed by atoms with Crippen LogP contribution in [-0.2, 0) is 0 Å². The van der Waals surface area contributed by atoms with Gasteiger partial charge < -0.3 is 9.84 Å². The van der Waals surface area contributed by atoms with Crippen LogP contribution in [0.1, 0.15) is 29.8 Å². The number of hydrogen-bond donors (Lipinski definition) is 1. The van der Waals surface area contributed by atoms with Gasteiger partial charge in [0, 0.05) is 17.5 Å². The van der Waals surface area contributed by atoms with Crippen LogP contribution in [0.5, 0.6) is 5.75 Å². The molecule has 1 aliphatic heterocycles. The minimum atomic E-state index is -0.601. The number of para-hydroxylation sites is 1. The van der Waals surface area contributed by atoms with Crippen LogP contribution in [0, 0.1) is 5.82 Å². The molecule has 2 nitrogen and oxygen atoms in total. The summed E-state index contributed by atoms with van der Waals surface area (Å²) in [5.41, 5.74) is 1.47. The zero-order chi connectivity index (χ0) is 13.4. The highest BCUT2D eigenvalue weighted by molar-refractivity contribution is 6.31. The maximum Gasteiger partial charge on any atom is 0.128 e. The predicted molar refractivity (Wildman–Crippen MR) is 70.8 cm³/mol. The lowest BCUT2D eigenvalue weighted by Gasteiger charge is -2.30. The van der Waals surface area contributed by atoms with Crippen molar-refractivity contribution in [2.75, 3.05) is 0 Å². The summed E-state index contributed by atoms with van der Waals surface area (Å²) in [5, 5.41) is 10.5. The quantitative estimate of drug-likeness (QED) is 0.853. The molecule has 98 valence electrons. The van der Waals surface area contributed by atoms with Crippen molar-refractivity contribution in [2.24, 2.45) is 0 Å². The van der Waals surface area contributed by atoms with Gasteiger partial charge in [0.15, 0.2) is 0 Å². The molecule has 1 unspecified atom stereocenters. The van der Waals surface area contributed by atoms with Gasteiger partial charge in [0.1, 0.15) is 17.7 Å². The smallest absolute Gasteiger partial charge is 0.128 e. The predicted octanol–water partition coefficient (Wildman–Crippen LogP) is 4.04. The van der Waals surface area contributed by atoms with Crippen molar-refractivity contribution in [1.29, 1.82) is 0 Å². The topological polar surface area (TPSA) is 29.5 Å². The number of aliphatic hydroxyl groups is 1. The lowest BCUT2D eigenvalue weighted by molar-refractivity contribution is 0.0658. The Labute approximate surface area is 115 Å². The molecule has 0 bridgehead atoms. The van der Waals surface area contributed by atoms with Gasteiger partial charge in [0.25, 0.3) is 0 Å². The van der Waals surface area contributed by atoms with Gasteiger partial charge in [-0.2, -0.15) is 0 Å². The first-order valence-electron chi connectivity index (χ1n) is 6.04. The van der Waals surface area contributed by atoms with Crippen molar-refractivity contribution in [3.8, 4) is 5.75 Å². The van der Waals surface area contributed by atoms with Crippen molar-refractivity contribution in [2.45, 2.75) is 18.6 Å². The molecule has 1 N–H and O–H groups in total. The van der Waals surface area contributed by atoms with E-state index >= 15 is 0 Å². The third-order valence-corrected chi connectivity index (χ3v) is 3.62. The molecule has 4 heteroatoms. The molecule has 1 heterocycles. The molecule has 0 fully saturated rings. The summed E-state index contributed by atoms with van der Waals surface area (Å²) in [4.78, 5) is 0. The van der Waals surface area contributed by atoms with Crippen LogP contribution in [-0.4, -0.2) is 5.11 Å². The SMILES string of the molecule is O[C@@H]1CC(c2ccc(F)cc2Cl)Oc2ccccc21. The van der Waals surface area contributed by atoms with Gasteiger partial charge in [0.05, 0.1) is 11.1 Å². The third kappa shape index (κ3) is 2.31. The number of hydrogen-bond acceptors (Lipinski definition) is 2. The maximum atomic E-state index is 13.1. The number of fused-ring (bicyclic) bond motifs is 1. The van der Waals surface area contributed by atoms with Crippen LogP contribution in [0.2, 0.25) is 5.02 Å². The average Bonchev–Trinajstić information content (AvgIpc) is 2.38. The van der Waals surface area contributed by atoms with E-state index in [1.54, 1.807) is 6.07 Å². The second-order valence-electron chi connectivity index (χ2n) is 4.56. The molecular formula is C15H12ClFO2. The number of rotatable bonds is 1. The highest BCUT2D eigenvalue weighted by atomic mass is 35.5. The molecule has 0 radical (unpaired) electrons. The Morgan fingerprint density at radius 1 is 1.16 bits per heavy atom. The Kier molecular flexibility index (Phi) is 3.17. The van der Waals surface area contributed by atoms with Crippen molar-refractivity contribution in [3.63, 3.8) is 0 Å². The fourth-order valence-electron chi connectivity index (χ4n) is 2.35. The molecule has 0 aromatic heterocycles. The lowest BCUT2D eigenvalue weighted by Crippen LogP contribution is -2.19. The summed E-state index contributed by atoms with van der Waals surface area (Å²) in [6.07, 6.45) is -0.559. The summed E-state index contributed by atoms with van der Waals surface area (Å²) in [6, 6.07) is 11.6. The second kappa shape index (κ2) is 4.83. The van der Waals surface area contributed by atoms with Gasteiger partial charge in [-0.05, 0) is 18.2 Å². The van der Waals surface area contributed by atoms with Gasteiger partial charge in [-0.1, -0.05) is 35.9 Å². The van der Waals surface area contributed by atoms with E-state index < -0.39 is 6.10 Å². The Balaban J connectivity index is 1.97. The van der Waals surface area contributed by atoms with E-state index in [0.717, 1.165) is 5.56 Å². The number of halogens is 2. The zero-order valence-corrected chi connectivity index (χ0v) is 10.8. The van der Waals surface area contributed by atoms with Gasteiger partial charge in [-0.15, -0.1) is 0 Å². The largest absolute Gasteiger partial charge is 0.485 e. The van der Waals surface area contributed by atoms with E-state index in [1.807, 2.05) is 24.3 Å². The monoisotopic (exact) mass is 278 g/mol. The standard InChI is InChI=1S/C15H12ClFO2/c16-12-7-9(17)5-6-10(12)15-8-13(18)11-3-1-2-4-14(11)19-15/h1-7,13,15,18H,8H2/t13-,15?/m1/s1. The van der Waals surface area contributed by atoms with Crippen LogP contribution in [0.25, 0.3) is 0 Å². The number of benzene rings is 2. The normalized spacial score (nSPS) is 21.6. The molecule has 0 amide bonds. The van der Waals surface area contributed by atoms with Crippen LogP contribution >= 0.6 is 11.6 Å².